The third-order valence-electron chi connectivity index (χ3n) is 2.61. The summed E-state index contributed by atoms with van der Waals surface area (Å²) in [6.07, 6.45) is 4.05. The zero-order valence-electron chi connectivity index (χ0n) is 10.1. The number of aromatic nitrogens is 1. The zero-order chi connectivity index (χ0) is 13.0. The fourth-order valence-electron chi connectivity index (χ4n) is 1.63. The molecule has 0 aliphatic rings. The molecule has 2 aromatic heterocycles. The van der Waals surface area contributed by atoms with E-state index in [1.807, 2.05) is 13.0 Å². The van der Waals surface area contributed by atoms with Crippen molar-refractivity contribution in [1.82, 2.24) is 4.98 Å². The van der Waals surface area contributed by atoms with E-state index in [4.69, 9.17) is 10.2 Å². The van der Waals surface area contributed by atoms with Gasteiger partial charge in [0.2, 0.25) is 0 Å². The van der Waals surface area contributed by atoms with Gasteiger partial charge in [-0.3, -0.25) is 4.98 Å². The number of nitrogens with zero attached hydrogens (tertiary/aromatic N) is 2. The SMILES string of the molecule is CCc1ccc(/C(N)=C(/C#N)c2cccnc2)o1. The Labute approximate surface area is 105 Å². The fraction of sp³-hybridized carbons (Fsp3) is 0.143. The maximum atomic E-state index is 9.22. The van der Waals surface area contributed by atoms with E-state index in [-0.39, 0.29) is 0 Å². The molecule has 0 amide bonds. The summed E-state index contributed by atoms with van der Waals surface area (Å²) in [5.74, 6) is 1.36. The van der Waals surface area contributed by atoms with Gasteiger partial charge in [-0.05, 0) is 18.2 Å². The van der Waals surface area contributed by atoms with Crippen LogP contribution in [0.25, 0.3) is 11.3 Å². The van der Waals surface area contributed by atoms with Crippen molar-refractivity contribution in [3.63, 3.8) is 0 Å². The van der Waals surface area contributed by atoms with Crippen LogP contribution in [-0.2, 0) is 6.42 Å². The van der Waals surface area contributed by atoms with E-state index in [9.17, 15) is 5.26 Å². The molecule has 18 heavy (non-hydrogen) atoms. The highest BCUT2D eigenvalue weighted by Crippen LogP contribution is 2.23. The van der Waals surface area contributed by atoms with Crippen LogP contribution in [0, 0.1) is 11.3 Å². The number of pyridine rings is 1. The minimum Gasteiger partial charge on any atom is -0.460 e. The second kappa shape index (κ2) is 5.19. The number of allylic oxidation sites excluding steroid dienone is 1. The molecule has 0 radical (unpaired) electrons. The molecule has 0 saturated carbocycles. The van der Waals surface area contributed by atoms with Gasteiger partial charge in [-0.15, -0.1) is 0 Å². The molecule has 0 atom stereocenters. The molecule has 0 fully saturated rings. The molecule has 0 aromatic carbocycles. The molecular weight excluding hydrogens is 226 g/mol. The van der Waals surface area contributed by atoms with E-state index in [2.05, 4.69) is 11.1 Å². The summed E-state index contributed by atoms with van der Waals surface area (Å²) >= 11 is 0. The van der Waals surface area contributed by atoms with E-state index in [0.29, 0.717) is 22.6 Å². The smallest absolute Gasteiger partial charge is 0.151 e. The Morgan fingerprint density at radius 2 is 2.28 bits per heavy atom. The van der Waals surface area contributed by atoms with E-state index >= 15 is 0 Å². The molecule has 4 nitrogen and oxygen atoms in total. The Morgan fingerprint density at radius 1 is 1.44 bits per heavy atom. The minimum absolute atomic E-state index is 0.338. The summed E-state index contributed by atoms with van der Waals surface area (Å²) < 4.78 is 5.54. The quantitative estimate of drug-likeness (QED) is 0.835. The summed E-state index contributed by atoms with van der Waals surface area (Å²) in [5, 5.41) is 9.22. The Morgan fingerprint density at radius 3 is 2.83 bits per heavy atom. The highest BCUT2D eigenvalue weighted by Gasteiger charge is 2.11. The highest BCUT2D eigenvalue weighted by atomic mass is 16.3. The number of aryl methyl sites for hydroxylation is 1. The minimum atomic E-state index is 0.338. The van der Waals surface area contributed by atoms with E-state index in [0.717, 1.165) is 12.2 Å². The van der Waals surface area contributed by atoms with Crippen molar-refractivity contribution in [2.24, 2.45) is 5.73 Å². The van der Waals surface area contributed by atoms with Crippen molar-refractivity contribution >= 4 is 11.3 Å². The average molecular weight is 239 g/mol. The fourth-order valence-corrected chi connectivity index (χ4v) is 1.63. The molecule has 0 saturated heterocycles. The van der Waals surface area contributed by atoms with Crippen LogP contribution in [0.15, 0.2) is 41.1 Å². The Balaban J connectivity index is 2.47. The Kier molecular flexibility index (Phi) is 3.44. The van der Waals surface area contributed by atoms with Crippen LogP contribution in [-0.4, -0.2) is 4.98 Å². The summed E-state index contributed by atoms with van der Waals surface area (Å²) in [5.41, 5.74) is 7.39. The molecule has 2 N–H and O–H groups in total. The molecule has 0 spiro atoms. The summed E-state index contributed by atoms with van der Waals surface area (Å²) in [6, 6.07) is 9.30. The van der Waals surface area contributed by atoms with Gasteiger partial charge < -0.3 is 10.2 Å². The van der Waals surface area contributed by atoms with Crippen LogP contribution in [0.1, 0.15) is 24.0 Å². The first-order valence-corrected chi connectivity index (χ1v) is 5.65. The van der Waals surface area contributed by atoms with Gasteiger partial charge in [0.1, 0.15) is 11.8 Å². The number of hydrogen-bond acceptors (Lipinski definition) is 4. The van der Waals surface area contributed by atoms with Crippen molar-refractivity contribution in [2.75, 3.05) is 0 Å². The highest BCUT2D eigenvalue weighted by molar-refractivity contribution is 5.94. The van der Waals surface area contributed by atoms with Gasteiger partial charge in [0, 0.05) is 24.4 Å². The topological polar surface area (TPSA) is 75.8 Å². The largest absolute Gasteiger partial charge is 0.460 e. The van der Waals surface area contributed by atoms with E-state index in [1.165, 1.54) is 0 Å². The first kappa shape index (κ1) is 11.9. The number of nitriles is 1. The molecule has 2 heterocycles. The second-order valence-electron chi connectivity index (χ2n) is 3.76. The Bertz CT molecular complexity index is 605. The van der Waals surface area contributed by atoms with Gasteiger partial charge in [0.15, 0.2) is 5.76 Å². The summed E-state index contributed by atoms with van der Waals surface area (Å²) in [7, 11) is 0. The van der Waals surface area contributed by atoms with E-state index < -0.39 is 0 Å². The van der Waals surface area contributed by atoms with Gasteiger partial charge in [-0.25, -0.2) is 0 Å². The third-order valence-corrected chi connectivity index (χ3v) is 2.61. The molecule has 2 aromatic rings. The number of hydrogen-bond donors (Lipinski definition) is 1. The first-order chi connectivity index (χ1) is 8.76. The van der Waals surface area contributed by atoms with E-state index in [1.54, 1.807) is 30.6 Å². The molecule has 0 bridgehead atoms. The van der Waals surface area contributed by atoms with Crippen LogP contribution in [0.4, 0.5) is 0 Å². The molecule has 2 rings (SSSR count). The molecule has 90 valence electrons. The van der Waals surface area contributed by atoms with Gasteiger partial charge in [-0.2, -0.15) is 5.26 Å². The summed E-state index contributed by atoms with van der Waals surface area (Å²) in [6.45, 7) is 1.99. The van der Waals surface area contributed by atoms with Crippen molar-refractivity contribution in [3.05, 3.63) is 53.7 Å². The van der Waals surface area contributed by atoms with Gasteiger partial charge >= 0.3 is 0 Å². The predicted molar refractivity (Wildman–Crippen MR) is 68.9 cm³/mol. The van der Waals surface area contributed by atoms with Gasteiger partial charge in [0.05, 0.1) is 11.3 Å². The zero-order valence-corrected chi connectivity index (χ0v) is 10.1. The van der Waals surface area contributed by atoms with Crippen LogP contribution < -0.4 is 5.73 Å². The molecule has 0 aliphatic carbocycles. The lowest BCUT2D eigenvalue weighted by Crippen LogP contribution is -1.99. The average Bonchev–Trinajstić information content (AvgIpc) is 2.89. The van der Waals surface area contributed by atoms with Gasteiger partial charge in [0.25, 0.3) is 0 Å². The molecule has 0 unspecified atom stereocenters. The third kappa shape index (κ3) is 2.25. The van der Waals surface area contributed by atoms with Crippen LogP contribution >= 0.6 is 0 Å². The Hall–Kier alpha value is -2.54. The number of furan rings is 1. The lowest BCUT2D eigenvalue weighted by atomic mass is 10.1. The van der Waals surface area contributed by atoms with Crippen LogP contribution in [0.5, 0.6) is 0 Å². The van der Waals surface area contributed by atoms with Crippen molar-refractivity contribution in [1.29, 1.82) is 5.26 Å². The molecule has 4 heteroatoms. The number of rotatable bonds is 3. The maximum absolute atomic E-state index is 9.22. The lowest BCUT2D eigenvalue weighted by Gasteiger charge is -2.02. The van der Waals surface area contributed by atoms with Crippen molar-refractivity contribution in [2.45, 2.75) is 13.3 Å². The monoisotopic (exact) mass is 239 g/mol. The first-order valence-electron chi connectivity index (χ1n) is 5.65. The second-order valence-corrected chi connectivity index (χ2v) is 3.76. The molecule has 0 aliphatic heterocycles. The maximum Gasteiger partial charge on any atom is 0.151 e. The summed E-state index contributed by atoms with van der Waals surface area (Å²) in [4.78, 5) is 3.98. The standard InChI is InChI=1S/C14H13N3O/c1-2-11-5-6-13(18-11)14(16)12(8-15)10-4-3-7-17-9-10/h3-7,9H,2,16H2,1H3/b14-12+. The van der Waals surface area contributed by atoms with Crippen LogP contribution in [0.2, 0.25) is 0 Å². The normalized spacial score (nSPS) is 11.8. The van der Waals surface area contributed by atoms with Crippen LogP contribution in [0.3, 0.4) is 0 Å². The molecular formula is C14H13N3O. The lowest BCUT2D eigenvalue weighted by molar-refractivity contribution is 0.504. The number of nitrogens with two attached hydrogens (primary N) is 1. The predicted octanol–water partition coefficient (Wildman–Crippen LogP) is 2.59. The van der Waals surface area contributed by atoms with Crippen molar-refractivity contribution in [3.8, 4) is 6.07 Å². The van der Waals surface area contributed by atoms with Crippen molar-refractivity contribution < 1.29 is 4.42 Å². The van der Waals surface area contributed by atoms with Gasteiger partial charge in [-0.1, -0.05) is 13.0 Å².